The van der Waals surface area contributed by atoms with E-state index in [0.717, 1.165) is 22.5 Å². The van der Waals surface area contributed by atoms with Gasteiger partial charge in [-0.1, -0.05) is 12.1 Å². The van der Waals surface area contributed by atoms with E-state index in [1.54, 1.807) is 22.9 Å². The summed E-state index contributed by atoms with van der Waals surface area (Å²) < 4.78 is 1.78. The van der Waals surface area contributed by atoms with Gasteiger partial charge in [0.2, 0.25) is 0 Å². The van der Waals surface area contributed by atoms with E-state index in [1.165, 1.54) is 12.1 Å². The van der Waals surface area contributed by atoms with Crippen molar-refractivity contribution in [3.05, 3.63) is 58.5 Å². The summed E-state index contributed by atoms with van der Waals surface area (Å²) in [5.74, 6) is -1.27. The molecule has 2 aromatic heterocycles. The molecule has 0 spiro atoms. The lowest BCUT2D eigenvalue weighted by Gasteiger charge is -2.04. The average molecular weight is 353 g/mol. The second kappa shape index (κ2) is 6.83. The Morgan fingerprint density at radius 1 is 1.23 bits per heavy atom. The number of aryl methyl sites for hydroxylation is 2. The van der Waals surface area contributed by atoms with Gasteiger partial charge in [-0.25, -0.2) is 4.79 Å². The fourth-order valence-electron chi connectivity index (χ4n) is 2.75. The predicted octanol–water partition coefficient (Wildman–Crippen LogP) is 2.06. The summed E-state index contributed by atoms with van der Waals surface area (Å²) in [6.45, 7) is 4.14. The number of nitrogens with zero attached hydrogens (tertiary/aromatic N) is 3. The lowest BCUT2D eigenvalue weighted by molar-refractivity contribution is 0.0696. The fraction of sp³-hybridized carbons (Fsp3) is 0.222. The SMILES string of the molecule is Cc1nn(C)c(C)c1-c1cc(C(=O)NCc2ccc(C(=O)O)cc2)[nH]n1. The highest BCUT2D eigenvalue weighted by molar-refractivity contribution is 5.93. The van der Waals surface area contributed by atoms with Crippen LogP contribution in [0.4, 0.5) is 0 Å². The molecule has 0 aliphatic carbocycles. The number of amides is 1. The Bertz CT molecular complexity index is 969. The first-order valence-electron chi connectivity index (χ1n) is 8.03. The average Bonchev–Trinajstić information content (AvgIpc) is 3.18. The summed E-state index contributed by atoms with van der Waals surface area (Å²) >= 11 is 0. The van der Waals surface area contributed by atoms with Crippen molar-refractivity contribution in [2.45, 2.75) is 20.4 Å². The number of carbonyl (C=O) groups is 2. The van der Waals surface area contributed by atoms with Crippen molar-refractivity contribution >= 4 is 11.9 Å². The molecular formula is C18H19N5O3. The minimum Gasteiger partial charge on any atom is -0.478 e. The monoisotopic (exact) mass is 353 g/mol. The largest absolute Gasteiger partial charge is 0.478 e. The van der Waals surface area contributed by atoms with Crippen molar-refractivity contribution in [3.8, 4) is 11.3 Å². The highest BCUT2D eigenvalue weighted by atomic mass is 16.4. The fourth-order valence-corrected chi connectivity index (χ4v) is 2.75. The molecule has 3 rings (SSSR count). The van der Waals surface area contributed by atoms with Gasteiger partial charge in [0.25, 0.3) is 5.91 Å². The maximum atomic E-state index is 12.3. The number of hydrogen-bond acceptors (Lipinski definition) is 4. The Hall–Kier alpha value is -3.42. The maximum Gasteiger partial charge on any atom is 0.335 e. The number of aromatic nitrogens is 4. The Morgan fingerprint density at radius 3 is 2.50 bits per heavy atom. The number of rotatable bonds is 5. The van der Waals surface area contributed by atoms with Crippen LogP contribution < -0.4 is 5.32 Å². The van der Waals surface area contributed by atoms with Crippen LogP contribution in [0.1, 0.15) is 37.8 Å². The maximum absolute atomic E-state index is 12.3. The molecule has 0 aliphatic heterocycles. The van der Waals surface area contributed by atoms with Crippen LogP contribution in [0.15, 0.2) is 30.3 Å². The molecule has 0 bridgehead atoms. The van der Waals surface area contributed by atoms with E-state index in [0.29, 0.717) is 11.4 Å². The molecule has 2 heterocycles. The number of carboxylic acids is 1. The second-order valence-corrected chi connectivity index (χ2v) is 6.02. The second-order valence-electron chi connectivity index (χ2n) is 6.02. The topological polar surface area (TPSA) is 113 Å². The number of hydrogen-bond donors (Lipinski definition) is 3. The van der Waals surface area contributed by atoms with Crippen molar-refractivity contribution < 1.29 is 14.7 Å². The van der Waals surface area contributed by atoms with Gasteiger partial charge in [0, 0.05) is 24.8 Å². The molecule has 0 saturated heterocycles. The molecule has 3 N–H and O–H groups in total. The number of aromatic amines is 1. The molecule has 1 aromatic carbocycles. The lowest BCUT2D eigenvalue weighted by Crippen LogP contribution is -2.23. The van der Waals surface area contributed by atoms with Gasteiger partial charge in [0.05, 0.1) is 17.0 Å². The number of aromatic carboxylic acids is 1. The first kappa shape index (κ1) is 17.4. The van der Waals surface area contributed by atoms with Crippen molar-refractivity contribution in [1.29, 1.82) is 0 Å². The Labute approximate surface area is 149 Å². The Morgan fingerprint density at radius 2 is 1.92 bits per heavy atom. The third-order valence-electron chi connectivity index (χ3n) is 4.24. The standard InChI is InChI=1S/C18H19N5O3/c1-10-16(11(2)23(3)22-10)14-8-15(21-20-14)17(24)19-9-12-4-6-13(7-5-12)18(25)26/h4-8H,9H2,1-3H3,(H,19,24)(H,20,21)(H,25,26). The van der Waals surface area contributed by atoms with Crippen molar-refractivity contribution in [2.75, 3.05) is 0 Å². The van der Waals surface area contributed by atoms with E-state index in [1.807, 2.05) is 20.9 Å². The number of H-pyrrole nitrogens is 1. The van der Waals surface area contributed by atoms with Gasteiger partial charge in [-0.05, 0) is 37.6 Å². The third-order valence-corrected chi connectivity index (χ3v) is 4.24. The van der Waals surface area contributed by atoms with Crippen LogP contribution in [0.25, 0.3) is 11.3 Å². The summed E-state index contributed by atoms with van der Waals surface area (Å²) in [7, 11) is 1.86. The van der Waals surface area contributed by atoms with E-state index in [2.05, 4.69) is 20.6 Å². The molecule has 134 valence electrons. The minimum atomic E-state index is -0.980. The zero-order valence-corrected chi connectivity index (χ0v) is 14.7. The molecule has 0 atom stereocenters. The highest BCUT2D eigenvalue weighted by Gasteiger charge is 2.17. The number of benzene rings is 1. The molecule has 3 aromatic rings. The van der Waals surface area contributed by atoms with Gasteiger partial charge >= 0.3 is 5.97 Å². The summed E-state index contributed by atoms with van der Waals surface area (Å²) in [5.41, 5.74) is 4.77. The van der Waals surface area contributed by atoms with E-state index in [9.17, 15) is 9.59 Å². The quantitative estimate of drug-likeness (QED) is 0.650. The van der Waals surface area contributed by atoms with Gasteiger partial charge in [0.15, 0.2) is 0 Å². The summed E-state index contributed by atoms with van der Waals surface area (Å²) in [6, 6.07) is 8.05. The molecule has 0 aliphatic rings. The van der Waals surface area contributed by atoms with Gasteiger partial charge in [-0.3, -0.25) is 14.6 Å². The normalized spacial score (nSPS) is 10.7. The molecule has 8 nitrogen and oxygen atoms in total. The first-order chi connectivity index (χ1) is 12.4. The van der Waals surface area contributed by atoms with Crippen LogP contribution in [-0.2, 0) is 13.6 Å². The number of carbonyl (C=O) groups excluding carboxylic acids is 1. The summed E-state index contributed by atoms with van der Waals surface area (Å²) in [4.78, 5) is 23.2. The van der Waals surface area contributed by atoms with E-state index < -0.39 is 5.97 Å². The van der Waals surface area contributed by atoms with Crippen molar-refractivity contribution in [1.82, 2.24) is 25.3 Å². The zero-order valence-electron chi connectivity index (χ0n) is 14.7. The molecule has 26 heavy (non-hydrogen) atoms. The van der Waals surface area contributed by atoms with Gasteiger partial charge in [-0.2, -0.15) is 10.2 Å². The van der Waals surface area contributed by atoms with Gasteiger partial charge in [-0.15, -0.1) is 0 Å². The van der Waals surface area contributed by atoms with Crippen molar-refractivity contribution in [3.63, 3.8) is 0 Å². The molecule has 0 saturated carbocycles. The van der Waals surface area contributed by atoms with Crippen LogP contribution in [0.3, 0.4) is 0 Å². The minimum absolute atomic E-state index is 0.209. The smallest absolute Gasteiger partial charge is 0.335 e. The van der Waals surface area contributed by atoms with E-state index >= 15 is 0 Å². The van der Waals surface area contributed by atoms with Crippen LogP contribution in [0.2, 0.25) is 0 Å². The lowest BCUT2D eigenvalue weighted by atomic mass is 10.1. The third kappa shape index (κ3) is 3.34. The molecule has 0 fully saturated rings. The summed E-state index contributed by atoms with van der Waals surface area (Å²) in [6.07, 6.45) is 0. The number of carboxylic acid groups (broad SMARTS) is 1. The Kier molecular flexibility index (Phi) is 4.57. The Balaban J connectivity index is 1.69. The molecule has 0 radical (unpaired) electrons. The number of nitrogens with one attached hydrogen (secondary N) is 2. The first-order valence-corrected chi connectivity index (χ1v) is 8.03. The molecular weight excluding hydrogens is 334 g/mol. The highest BCUT2D eigenvalue weighted by Crippen LogP contribution is 2.25. The van der Waals surface area contributed by atoms with Gasteiger partial charge in [0.1, 0.15) is 5.69 Å². The molecule has 0 unspecified atom stereocenters. The zero-order chi connectivity index (χ0) is 18.8. The van der Waals surface area contributed by atoms with Crippen molar-refractivity contribution in [2.24, 2.45) is 7.05 Å². The van der Waals surface area contributed by atoms with Crippen LogP contribution >= 0.6 is 0 Å². The summed E-state index contributed by atoms with van der Waals surface area (Å²) in [5, 5.41) is 23.0. The van der Waals surface area contributed by atoms with Crippen LogP contribution in [-0.4, -0.2) is 37.0 Å². The molecule has 1 amide bonds. The van der Waals surface area contributed by atoms with Crippen LogP contribution in [0, 0.1) is 13.8 Å². The van der Waals surface area contributed by atoms with E-state index in [-0.39, 0.29) is 18.0 Å². The van der Waals surface area contributed by atoms with E-state index in [4.69, 9.17) is 5.11 Å². The predicted molar refractivity (Wildman–Crippen MR) is 94.8 cm³/mol. The van der Waals surface area contributed by atoms with Gasteiger partial charge < -0.3 is 10.4 Å². The molecule has 8 heteroatoms. The van der Waals surface area contributed by atoms with Crippen LogP contribution in [0.5, 0.6) is 0 Å².